The summed E-state index contributed by atoms with van der Waals surface area (Å²) in [7, 11) is 0. The fourth-order valence-corrected chi connectivity index (χ4v) is 5.25. The first-order valence-corrected chi connectivity index (χ1v) is 12.4. The first kappa shape index (κ1) is 23.6. The molecule has 0 saturated heterocycles. The number of anilines is 1. The second-order valence-corrected chi connectivity index (χ2v) is 9.81. The molecule has 0 radical (unpaired) electrons. The number of nitrogens with zero attached hydrogens (tertiary/aromatic N) is 2. The molecule has 2 amide bonds. The van der Waals surface area contributed by atoms with Gasteiger partial charge in [0.1, 0.15) is 0 Å². The number of urea groups is 1. The number of aliphatic carboxylic acids is 1. The Kier molecular flexibility index (Phi) is 9.17. The molecule has 168 valence electrons. The molecule has 1 fully saturated rings. The van der Waals surface area contributed by atoms with Crippen LogP contribution in [0.5, 0.6) is 0 Å². The number of carboxylic acids is 1. The lowest BCUT2D eigenvalue weighted by molar-refractivity contribution is -0.133. The van der Waals surface area contributed by atoms with Gasteiger partial charge in [0.2, 0.25) is 0 Å². The maximum absolute atomic E-state index is 13.1. The Labute approximate surface area is 191 Å². The third kappa shape index (κ3) is 7.52. The van der Waals surface area contributed by atoms with E-state index in [0.717, 1.165) is 35.5 Å². The highest BCUT2D eigenvalue weighted by Crippen LogP contribution is 2.29. The number of thioether (sulfide) groups is 1. The van der Waals surface area contributed by atoms with Crippen molar-refractivity contribution < 1.29 is 19.4 Å². The smallest absolute Gasteiger partial charge is 0.323 e. The Bertz CT molecular complexity index is 840. The number of hydrogen-bond donors (Lipinski definition) is 2. The molecule has 0 spiro atoms. The zero-order valence-electron chi connectivity index (χ0n) is 17.7. The number of carbonyl (C=O) groups is 2. The van der Waals surface area contributed by atoms with Gasteiger partial charge in [0, 0.05) is 12.6 Å². The molecule has 1 atom stereocenters. The van der Waals surface area contributed by atoms with Crippen molar-refractivity contribution in [1.82, 2.24) is 9.88 Å². The fourth-order valence-electron chi connectivity index (χ4n) is 3.67. The molecule has 1 aliphatic rings. The van der Waals surface area contributed by atoms with Crippen molar-refractivity contribution in [2.75, 3.05) is 24.2 Å². The molecule has 1 aromatic carbocycles. The first-order chi connectivity index (χ1) is 15.0. The van der Waals surface area contributed by atoms with Gasteiger partial charge in [-0.1, -0.05) is 60.9 Å². The number of amides is 2. The van der Waals surface area contributed by atoms with Crippen LogP contribution in [-0.2, 0) is 9.53 Å². The number of carbonyl (C=O) groups excluding carboxylic acids is 1. The van der Waals surface area contributed by atoms with Crippen molar-refractivity contribution in [3.63, 3.8) is 0 Å². The normalized spacial score (nSPS) is 15.4. The van der Waals surface area contributed by atoms with Crippen LogP contribution in [0.1, 0.15) is 50.7 Å². The standard InChI is InChI=1S/C22H29N3O4S2/c1-16(17-8-4-2-5-9-17)29-13-12-25(18-10-6-3-7-11-18)22(28)24-21-23-14-20(31-21)30-15-19(26)27/h2,4-5,8-9,14,16,18H,3,6-7,10-13,15H2,1H3,(H,26,27)(H,23,24,28). The molecule has 1 heterocycles. The van der Waals surface area contributed by atoms with Crippen LogP contribution < -0.4 is 5.32 Å². The summed E-state index contributed by atoms with van der Waals surface area (Å²) >= 11 is 2.49. The van der Waals surface area contributed by atoms with E-state index < -0.39 is 5.97 Å². The summed E-state index contributed by atoms with van der Waals surface area (Å²) in [6.07, 6.45) is 7.03. The zero-order valence-corrected chi connectivity index (χ0v) is 19.3. The summed E-state index contributed by atoms with van der Waals surface area (Å²) in [5, 5.41) is 12.2. The maximum atomic E-state index is 13.1. The summed E-state index contributed by atoms with van der Waals surface area (Å²) in [6, 6.07) is 10.1. The van der Waals surface area contributed by atoms with Gasteiger partial charge >= 0.3 is 12.0 Å². The third-order valence-corrected chi connectivity index (χ3v) is 7.37. The Morgan fingerprint density at radius 2 is 2.03 bits per heavy atom. The van der Waals surface area contributed by atoms with E-state index in [0.29, 0.717) is 18.3 Å². The lowest BCUT2D eigenvalue weighted by Gasteiger charge is -2.34. The molecular weight excluding hydrogens is 434 g/mol. The van der Waals surface area contributed by atoms with E-state index >= 15 is 0 Å². The second-order valence-electron chi connectivity index (χ2n) is 7.51. The molecule has 1 aromatic heterocycles. The quantitative estimate of drug-likeness (QED) is 0.467. The van der Waals surface area contributed by atoms with Crippen LogP contribution in [0.15, 0.2) is 40.7 Å². The minimum absolute atomic E-state index is 0.0271. The van der Waals surface area contributed by atoms with E-state index in [2.05, 4.69) is 10.3 Å². The monoisotopic (exact) mass is 463 g/mol. The van der Waals surface area contributed by atoms with Crippen molar-refractivity contribution in [2.24, 2.45) is 0 Å². The molecular formula is C22H29N3O4S2. The molecule has 31 heavy (non-hydrogen) atoms. The highest BCUT2D eigenvalue weighted by molar-refractivity contribution is 8.01. The average molecular weight is 464 g/mol. The van der Waals surface area contributed by atoms with Gasteiger partial charge in [-0.05, 0) is 25.3 Å². The minimum Gasteiger partial charge on any atom is -0.481 e. The number of thiazole rings is 1. The van der Waals surface area contributed by atoms with Crippen molar-refractivity contribution >= 4 is 40.2 Å². The SMILES string of the molecule is CC(OCCN(C(=O)Nc1ncc(SCC(=O)O)s1)C1CCCCC1)c1ccccc1. The average Bonchev–Trinajstić information content (AvgIpc) is 3.23. The van der Waals surface area contributed by atoms with E-state index in [1.807, 2.05) is 42.2 Å². The topological polar surface area (TPSA) is 91.8 Å². The number of hydrogen-bond acceptors (Lipinski definition) is 6. The molecule has 2 N–H and O–H groups in total. The van der Waals surface area contributed by atoms with E-state index in [4.69, 9.17) is 9.84 Å². The molecule has 9 heteroatoms. The molecule has 2 aromatic rings. The van der Waals surface area contributed by atoms with E-state index in [-0.39, 0.29) is 23.9 Å². The van der Waals surface area contributed by atoms with Crippen molar-refractivity contribution in [1.29, 1.82) is 0 Å². The van der Waals surface area contributed by atoms with Crippen LogP contribution >= 0.6 is 23.1 Å². The Balaban J connectivity index is 1.57. The second kappa shape index (κ2) is 12.1. The molecule has 0 aliphatic heterocycles. The Morgan fingerprint density at radius 3 is 2.74 bits per heavy atom. The van der Waals surface area contributed by atoms with Gasteiger partial charge in [-0.25, -0.2) is 9.78 Å². The summed E-state index contributed by atoms with van der Waals surface area (Å²) < 4.78 is 6.78. The van der Waals surface area contributed by atoms with E-state index in [1.165, 1.54) is 29.5 Å². The summed E-state index contributed by atoms with van der Waals surface area (Å²) in [6.45, 7) is 2.99. The van der Waals surface area contributed by atoms with Crippen LogP contribution in [0.4, 0.5) is 9.93 Å². The lowest BCUT2D eigenvalue weighted by atomic mass is 9.94. The number of aromatic nitrogens is 1. The van der Waals surface area contributed by atoms with Crippen LogP contribution in [0.2, 0.25) is 0 Å². The van der Waals surface area contributed by atoms with Gasteiger partial charge < -0.3 is 14.7 Å². The number of carboxylic acid groups (broad SMARTS) is 1. The predicted molar refractivity (Wildman–Crippen MR) is 124 cm³/mol. The van der Waals surface area contributed by atoms with Crippen LogP contribution in [0.3, 0.4) is 0 Å². The van der Waals surface area contributed by atoms with Gasteiger partial charge in [0.05, 0.1) is 28.9 Å². The predicted octanol–water partition coefficient (Wildman–Crippen LogP) is 5.26. The summed E-state index contributed by atoms with van der Waals surface area (Å²) in [5.41, 5.74) is 1.12. The van der Waals surface area contributed by atoms with Crippen molar-refractivity contribution in [3.05, 3.63) is 42.1 Å². The van der Waals surface area contributed by atoms with Gasteiger partial charge in [-0.2, -0.15) is 0 Å². The number of nitrogens with one attached hydrogen (secondary N) is 1. The van der Waals surface area contributed by atoms with Crippen LogP contribution in [-0.4, -0.2) is 51.9 Å². The summed E-state index contributed by atoms with van der Waals surface area (Å²) in [4.78, 5) is 29.9. The highest BCUT2D eigenvalue weighted by Gasteiger charge is 2.26. The molecule has 1 unspecified atom stereocenters. The zero-order chi connectivity index (χ0) is 22.1. The molecule has 0 bridgehead atoms. The number of ether oxygens (including phenoxy) is 1. The number of rotatable bonds is 10. The third-order valence-electron chi connectivity index (χ3n) is 5.28. The summed E-state index contributed by atoms with van der Waals surface area (Å²) in [5.74, 6) is -0.905. The Hall–Kier alpha value is -2.10. The first-order valence-electron chi connectivity index (χ1n) is 10.6. The van der Waals surface area contributed by atoms with Gasteiger partial charge in [-0.15, -0.1) is 11.8 Å². The van der Waals surface area contributed by atoms with Gasteiger partial charge in [-0.3, -0.25) is 10.1 Å². The molecule has 1 saturated carbocycles. The molecule has 3 rings (SSSR count). The van der Waals surface area contributed by atoms with Gasteiger partial charge in [0.15, 0.2) is 5.13 Å². The number of benzene rings is 1. The lowest BCUT2D eigenvalue weighted by Crippen LogP contribution is -2.45. The molecule has 1 aliphatic carbocycles. The van der Waals surface area contributed by atoms with E-state index in [1.54, 1.807) is 6.20 Å². The Morgan fingerprint density at radius 1 is 1.29 bits per heavy atom. The fraction of sp³-hybridized carbons (Fsp3) is 0.500. The largest absolute Gasteiger partial charge is 0.481 e. The van der Waals surface area contributed by atoms with Gasteiger partial charge in [0.25, 0.3) is 0 Å². The maximum Gasteiger partial charge on any atom is 0.323 e. The molecule has 7 nitrogen and oxygen atoms in total. The minimum atomic E-state index is -0.878. The van der Waals surface area contributed by atoms with Crippen LogP contribution in [0.25, 0.3) is 0 Å². The highest BCUT2D eigenvalue weighted by atomic mass is 32.2. The van der Waals surface area contributed by atoms with E-state index in [9.17, 15) is 9.59 Å². The van der Waals surface area contributed by atoms with Crippen LogP contribution in [0, 0.1) is 0 Å². The van der Waals surface area contributed by atoms with Crippen molar-refractivity contribution in [2.45, 2.75) is 55.4 Å². The van der Waals surface area contributed by atoms with Crippen molar-refractivity contribution in [3.8, 4) is 0 Å².